The van der Waals surface area contributed by atoms with Crippen LogP contribution < -0.4 is 0 Å². The van der Waals surface area contributed by atoms with Crippen LogP contribution in [0.15, 0.2) is 12.4 Å². The molecule has 2 aromatic rings. The van der Waals surface area contributed by atoms with Crippen molar-refractivity contribution in [2.75, 3.05) is 6.61 Å². The van der Waals surface area contributed by atoms with Crippen LogP contribution in [0.4, 0.5) is 0 Å². The minimum absolute atomic E-state index is 0.126. The van der Waals surface area contributed by atoms with Gasteiger partial charge in [0.2, 0.25) is 0 Å². The molecule has 0 unspecified atom stereocenters. The molecular weight excluding hydrogens is 236 g/mol. The molecule has 0 aromatic carbocycles. The molecule has 0 aliphatic carbocycles. The highest BCUT2D eigenvalue weighted by atomic mass is 16.5. The van der Waals surface area contributed by atoms with E-state index in [4.69, 9.17) is 4.74 Å². The molecule has 0 N–H and O–H groups in total. The van der Waals surface area contributed by atoms with Gasteiger partial charge in [-0.2, -0.15) is 5.10 Å². The third-order valence-electron chi connectivity index (χ3n) is 2.36. The summed E-state index contributed by atoms with van der Waals surface area (Å²) in [6, 6.07) is 0. The van der Waals surface area contributed by atoms with Gasteiger partial charge in [-0.25, -0.2) is 9.48 Å². The third-order valence-corrected chi connectivity index (χ3v) is 2.36. The van der Waals surface area contributed by atoms with Gasteiger partial charge >= 0.3 is 5.97 Å². The fraction of sp³-hybridized carbons (Fsp3) is 0.500. The second kappa shape index (κ2) is 5.39. The minimum Gasteiger partial charge on any atom is -0.460 e. The molecule has 96 valence electrons. The van der Waals surface area contributed by atoms with E-state index in [1.54, 1.807) is 17.8 Å². The van der Waals surface area contributed by atoms with Crippen molar-refractivity contribution in [1.82, 2.24) is 30.0 Å². The number of aromatic nitrogens is 6. The van der Waals surface area contributed by atoms with Crippen LogP contribution >= 0.6 is 0 Å². The first-order valence-corrected chi connectivity index (χ1v) is 5.61. The van der Waals surface area contributed by atoms with Gasteiger partial charge in [-0.15, -0.1) is 5.10 Å². The SMILES string of the molecule is CCOC(=O)c1nnnn1CCc1cnn(C)c1. The molecular formula is C10H14N6O2. The summed E-state index contributed by atoms with van der Waals surface area (Å²) in [5.74, 6) is -0.380. The maximum atomic E-state index is 11.5. The van der Waals surface area contributed by atoms with Crippen molar-refractivity contribution in [2.45, 2.75) is 19.9 Å². The van der Waals surface area contributed by atoms with Gasteiger partial charge in [0.1, 0.15) is 0 Å². The monoisotopic (exact) mass is 250 g/mol. The van der Waals surface area contributed by atoms with E-state index in [0.29, 0.717) is 19.6 Å². The molecule has 0 amide bonds. The van der Waals surface area contributed by atoms with Crippen molar-refractivity contribution in [3.8, 4) is 0 Å². The molecule has 0 fully saturated rings. The Morgan fingerprint density at radius 3 is 3.00 bits per heavy atom. The van der Waals surface area contributed by atoms with Crippen LogP contribution in [0.1, 0.15) is 23.1 Å². The largest absolute Gasteiger partial charge is 0.460 e. The minimum atomic E-state index is -0.506. The van der Waals surface area contributed by atoms with Crippen molar-refractivity contribution in [2.24, 2.45) is 7.05 Å². The summed E-state index contributed by atoms with van der Waals surface area (Å²) in [7, 11) is 1.85. The van der Waals surface area contributed by atoms with E-state index in [2.05, 4.69) is 20.6 Å². The molecule has 0 aliphatic heterocycles. The summed E-state index contributed by atoms with van der Waals surface area (Å²) in [4.78, 5) is 11.5. The number of tetrazole rings is 1. The molecule has 0 saturated carbocycles. The molecule has 0 bridgehead atoms. The Balaban J connectivity index is 2.01. The maximum Gasteiger partial charge on any atom is 0.378 e. The number of rotatable bonds is 5. The highest BCUT2D eigenvalue weighted by Gasteiger charge is 2.16. The summed E-state index contributed by atoms with van der Waals surface area (Å²) < 4.78 is 8.02. The number of nitrogens with zero attached hydrogens (tertiary/aromatic N) is 6. The molecule has 8 heteroatoms. The lowest BCUT2D eigenvalue weighted by molar-refractivity contribution is 0.0504. The van der Waals surface area contributed by atoms with Gasteiger partial charge < -0.3 is 4.74 Å². The van der Waals surface area contributed by atoms with Crippen molar-refractivity contribution >= 4 is 5.97 Å². The van der Waals surface area contributed by atoms with Crippen LogP contribution in [0.5, 0.6) is 0 Å². The molecule has 18 heavy (non-hydrogen) atoms. The van der Waals surface area contributed by atoms with Crippen molar-refractivity contribution in [3.63, 3.8) is 0 Å². The number of hydrogen-bond donors (Lipinski definition) is 0. The molecule has 0 spiro atoms. The second-order valence-electron chi connectivity index (χ2n) is 3.72. The molecule has 0 aliphatic rings. The predicted molar refractivity (Wildman–Crippen MR) is 60.7 cm³/mol. The fourth-order valence-electron chi connectivity index (χ4n) is 1.53. The van der Waals surface area contributed by atoms with Gasteiger partial charge in [-0.1, -0.05) is 0 Å². The molecule has 0 atom stereocenters. The third kappa shape index (κ3) is 2.70. The average Bonchev–Trinajstić information content (AvgIpc) is 2.95. The molecule has 8 nitrogen and oxygen atoms in total. The Bertz CT molecular complexity index is 532. The molecule has 2 heterocycles. The molecule has 2 rings (SSSR count). The first kappa shape index (κ1) is 12.2. The zero-order chi connectivity index (χ0) is 13.0. The summed E-state index contributed by atoms with van der Waals surface area (Å²) >= 11 is 0. The van der Waals surface area contributed by atoms with Gasteiger partial charge in [0.05, 0.1) is 12.8 Å². The quantitative estimate of drug-likeness (QED) is 0.684. The van der Waals surface area contributed by atoms with E-state index in [9.17, 15) is 4.79 Å². The number of hydrogen-bond acceptors (Lipinski definition) is 6. The standard InChI is InChI=1S/C10H14N6O2/c1-3-18-10(17)9-12-13-14-16(9)5-4-8-6-11-15(2)7-8/h6-7H,3-5H2,1-2H3. The first-order valence-electron chi connectivity index (χ1n) is 5.61. The maximum absolute atomic E-state index is 11.5. The smallest absolute Gasteiger partial charge is 0.378 e. The lowest BCUT2D eigenvalue weighted by Crippen LogP contribution is -2.15. The van der Waals surface area contributed by atoms with Gasteiger partial charge in [0.25, 0.3) is 5.82 Å². The normalized spacial score (nSPS) is 10.6. The molecule has 2 aromatic heterocycles. The second-order valence-corrected chi connectivity index (χ2v) is 3.72. The van der Waals surface area contributed by atoms with E-state index < -0.39 is 5.97 Å². The molecule has 0 radical (unpaired) electrons. The van der Waals surface area contributed by atoms with E-state index >= 15 is 0 Å². The lowest BCUT2D eigenvalue weighted by atomic mass is 10.2. The highest BCUT2D eigenvalue weighted by Crippen LogP contribution is 2.02. The summed E-state index contributed by atoms with van der Waals surface area (Å²) in [5, 5.41) is 15.0. The Morgan fingerprint density at radius 1 is 1.50 bits per heavy atom. The van der Waals surface area contributed by atoms with Crippen LogP contribution in [0, 0.1) is 0 Å². The average molecular weight is 250 g/mol. The van der Waals surface area contributed by atoms with Crippen LogP contribution in [-0.4, -0.2) is 42.6 Å². The first-order chi connectivity index (χ1) is 8.70. The van der Waals surface area contributed by atoms with Crippen molar-refractivity contribution in [3.05, 3.63) is 23.8 Å². The van der Waals surface area contributed by atoms with E-state index in [1.165, 1.54) is 4.68 Å². The van der Waals surface area contributed by atoms with Crippen LogP contribution in [0.3, 0.4) is 0 Å². The predicted octanol–water partition coefficient (Wildman–Crippen LogP) is -0.174. The van der Waals surface area contributed by atoms with Crippen molar-refractivity contribution in [1.29, 1.82) is 0 Å². The van der Waals surface area contributed by atoms with Crippen LogP contribution in [0.2, 0.25) is 0 Å². The zero-order valence-corrected chi connectivity index (χ0v) is 10.3. The Kier molecular flexibility index (Phi) is 3.66. The number of carbonyl (C=O) groups is 1. The number of carbonyl (C=O) groups excluding carboxylic acids is 1. The topological polar surface area (TPSA) is 87.7 Å². The van der Waals surface area contributed by atoms with Crippen LogP contribution in [-0.2, 0) is 24.8 Å². The zero-order valence-electron chi connectivity index (χ0n) is 10.3. The number of esters is 1. The van der Waals surface area contributed by atoms with E-state index in [-0.39, 0.29) is 5.82 Å². The van der Waals surface area contributed by atoms with Gasteiger partial charge in [-0.05, 0) is 29.3 Å². The van der Waals surface area contributed by atoms with Gasteiger partial charge in [0, 0.05) is 19.8 Å². The summed E-state index contributed by atoms with van der Waals surface area (Å²) in [6.45, 7) is 2.54. The molecule has 0 saturated heterocycles. The van der Waals surface area contributed by atoms with Gasteiger partial charge in [0.15, 0.2) is 0 Å². The fourth-order valence-corrected chi connectivity index (χ4v) is 1.53. The van der Waals surface area contributed by atoms with E-state index in [1.807, 2.05) is 13.2 Å². The van der Waals surface area contributed by atoms with E-state index in [0.717, 1.165) is 5.56 Å². The number of ether oxygens (including phenoxy) is 1. The van der Waals surface area contributed by atoms with Gasteiger partial charge in [-0.3, -0.25) is 4.68 Å². The highest BCUT2D eigenvalue weighted by molar-refractivity contribution is 5.85. The Hall–Kier alpha value is -2.25. The number of aryl methyl sites for hydroxylation is 3. The Labute approximate surface area is 104 Å². The summed E-state index contributed by atoms with van der Waals surface area (Å²) in [5.41, 5.74) is 1.06. The summed E-state index contributed by atoms with van der Waals surface area (Å²) in [6.07, 6.45) is 4.38. The van der Waals surface area contributed by atoms with Crippen molar-refractivity contribution < 1.29 is 9.53 Å². The lowest BCUT2D eigenvalue weighted by Gasteiger charge is -2.02. The van der Waals surface area contributed by atoms with Crippen LogP contribution in [0.25, 0.3) is 0 Å². The Morgan fingerprint density at radius 2 is 2.33 bits per heavy atom.